The van der Waals surface area contributed by atoms with Gasteiger partial charge < -0.3 is 5.32 Å². The highest BCUT2D eigenvalue weighted by molar-refractivity contribution is 5.85. The number of halogens is 1. The highest BCUT2D eigenvalue weighted by Gasteiger charge is 2.02. The maximum atomic E-state index is 4.19. The fraction of sp³-hybridized carbons (Fsp3) is 0.700. The Morgan fingerprint density at radius 2 is 2.14 bits per heavy atom. The molecule has 4 heteroatoms. The van der Waals surface area contributed by atoms with Crippen molar-refractivity contribution in [2.24, 2.45) is 13.0 Å². The molecule has 3 nitrogen and oxygen atoms in total. The molecule has 0 unspecified atom stereocenters. The first kappa shape index (κ1) is 13.5. The van der Waals surface area contributed by atoms with E-state index in [0.29, 0.717) is 5.92 Å². The van der Waals surface area contributed by atoms with Gasteiger partial charge in [0.1, 0.15) is 0 Å². The first-order valence-electron chi connectivity index (χ1n) is 4.79. The molecule has 0 fully saturated rings. The van der Waals surface area contributed by atoms with E-state index in [-0.39, 0.29) is 12.4 Å². The average Bonchev–Trinajstić information content (AvgIpc) is 2.35. The SMILES string of the molecule is Cc1c(CNCC(C)C)cnn1C.Cl. The second-order valence-corrected chi connectivity index (χ2v) is 3.90. The predicted molar refractivity (Wildman–Crippen MR) is 61.7 cm³/mol. The van der Waals surface area contributed by atoms with E-state index in [4.69, 9.17) is 0 Å². The van der Waals surface area contributed by atoms with Crippen LogP contribution in [-0.2, 0) is 13.6 Å². The number of nitrogens with one attached hydrogen (secondary N) is 1. The Kier molecular flexibility index (Phi) is 5.81. The Labute approximate surface area is 92.3 Å². The summed E-state index contributed by atoms with van der Waals surface area (Å²) in [7, 11) is 1.97. The molecule has 0 saturated carbocycles. The summed E-state index contributed by atoms with van der Waals surface area (Å²) in [4.78, 5) is 0. The monoisotopic (exact) mass is 217 g/mol. The van der Waals surface area contributed by atoms with Gasteiger partial charge >= 0.3 is 0 Å². The number of hydrogen-bond acceptors (Lipinski definition) is 2. The van der Waals surface area contributed by atoms with Crippen LogP contribution in [0.4, 0.5) is 0 Å². The van der Waals surface area contributed by atoms with Gasteiger partial charge in [0, 0.05) is 24.8 Å². The maximum Gasteiger partial charge on any atom is 0.0537 e. The molecule has 0 amide bonds. The van der Waals surface area contributed by atoms with Crippen LogP contribution in [0.3, 0.4) is 0 Å². The Balaban J connectivity index is 0.00000169. The standard InChI is InChI=1S/C10H19N3.ClH/c1-8(2)5-11-6-10-7-12-13(4)9(10)3;/h7-8,11H,5-6H2,1-4H3;1H. The van der Waals surface area contributed by atoms with Crippen molar-refractivity contribution < 1.29 is 0 Å². The van der Waals surface area contributed by atoms with E-state index in [0.717, 1.165) is 13.1 Å². The van der Waals surface area contributed by atoms with Crippen LogP contribution >= 0.6 is 12.4 Å². The molecule has 0 atom stereocenters. The average molecular weight is 218 g/mol. The lowest BCUT2D eigenvalue weighted by atomic mass is 10.2. The van der Waals surface area contributed by atoms with Crippen molar-refractivity contribution in [1.29, 1.82) is 0 Å². The second kappa shape index (κ2) is 6.04. The van der Waals surface area contributed by atoms with Crippen molar-refractivity contribution in [2.75, 3.05) is 6.54 Å². The topological polar surface area (TPSA) is 29.9 Å². The van der Waals surface area contributed by atoms with Crippen LogP contribution in [0.15, 0.2) is 6.20 Å². The molecule has 0 spiro atoms. The van der Waals surface area contributed by atoms with E-state index in [2.05, 4.69) is 31.2 Å². The minimum absolute atomic E-state index is 0. The van der Waals surface area contributed by atoms with E-state index < -0.39 is 0 Å². The van der Waals surface area contributed by atoms with Gasteiger partial charge in [-0.1, -0.05) is 13.8 Å². The van der Waals surface area contributed by atoms with Crippen molar-refractivity contribution >= 4 is 12.4 Å². The van der Waals surface area contributed by atoms with Crippen molar-refractivity contribution in [3.8, 4) is 0 Å². The smallest absolute Gasteiger partial charge is 0.0537 e. The van der Waals surface area contributed by atoms with Crippen molar-refractivity contribution in [3.05, 3.63) is 17.5 Å². The van der Waals surface area contributed by atoms with Crippen LogP contribution in [0.2, 0.25) is 0 Å². The van der Waals surface area contributed by atoms with Crippen LogP contribution in [0, 0.1) is 12.8 Å². The van der Waals surface area contributed by atoms with Crippen molar-refractivity contribution in [2.45, 2.75) is 27.3 Å². The zero-order chi connectivity index (χ0) is 9.84. The minimum Gasteiger partial charge on any atom is -0.312 e. The molecule has 1 rings (SSSR count). The molecular formula is C10H20ClN3. The summed E-state index contributed by atoms with van der Waals surface area (Å²) in [6, 6.07) is 0. The molecule has 0 radical (unpaired) electrons. The zero-order valence-corrected chi connectivity index (χ0v) is 10.2. The lowest BCUT2D eigenvalue weighted by Crippen LogP contribution is -2.19. The summed E-state index contributed by atoms with van der Waals surface area (Å²) < 4.78 is 1.91. The third kappa shape index (κ3) is 3.68. The number of aryl methyl sites for hydroxylation is 1. The highest BCUT2D eigenvalue weighted by Crippen LogP contribution is 2.04. The van der Waals surface area contributed by atoms with E-state index in [9.17, 15) is 0 Å². The van der Waals surface area contributed by atoms with Gasteiger partial charge in [0.25, 0.3) is 0 Å². The molecule has 14 heavy (non-hydrogen) atoms. The van der Waals surface area contributed by atoms with Gasteiger partial charge in [-0.05, 0) is 19.4 Å². The fourth-order valence-electron chi connectivity index (χ4n) is 1.21. The number of rotatable bonds is 4. The number of aromatic nitrogens is 2. The third-order valence-corrected chi connectivity index (χ3v) is 2.20. The molecule has 1 N–H and O–H groups in total. The first-order valence-corrected chi connectivity index (χ1v) is 4.79. The summed E-state index contributed by atoms with van der Waals surface area (Å²) in [6.45, 7) is 8.51. The lowest BCUT2D eigenvalue weighted by Gasteiger charge is -2.06. The second-order valence-electron chi connectivity index (χ2n) is 3.90. The van der Waals surface area contributed by atoms with Crippen molar-refractivity contribution in [3.63, 3.8) is 0 Å². The Bertz CT molecular complexity index is 268. The van der Waals surface area contributed by atoms with Crippen LogP contribution < -0.4 is 5.32 Å². The molecule has 82 valence electrons. The highest BCUT2D eigenvalue weighted by atomic mass is 35.5. The molecule has 1 heterocycles. The van der Waals surface area contributed by atoms with Crippen LogP contribution in [0.25, 0.3) is 0 Å². The number of nitrogens with zero attached hydrogens (tertiary/aromatic N) is 2. The van der Waals surface area contributed by atoms with Crippen LogP contribution in [0.1, 0.15) is 25.1 Å². The fourth-order valence-corrected chi connectivity index (χ4v) is 1.21. The predicted octanol–water partition coefficient (Wildman–Crippen LogP) is 1.90. The van der Waals surface area contributed by atoms with Gasteiger partial charge in [-0.25, -0.2) is 0 Å². The van der Waals surface area contributed by atoms with Gasteiger partial charge in [-0.3, -0.25) is 4.68 Å². The molecule has 1 aromatic heterocycles. The minimum atomic E-state index is 0. The Morgan fingerprint density at radius 3 is 2.57 bits per heavy atom. The summed E-state index contributed by atoms with van der Waals surface area (Å²) in [5.41, 5.74) is 2.54. The lowest BCUT2D eigenvalue weighted by molar-refractivity contribution is 0.551. The van der Waals surface area contributed by atoms with Gasteiger partial charge in [0.05, 0.1) is 6.20 Å². The normalized spacial score (nSPS) is 10.4. The summed E-state index contributed by atoms with van der Waals surface area (Å²) in [5.74, 6) is 0.706. The molecule has 0 aliphatic heterocycles. The first-order chi connectivity index (χ1) is 6.11. The Morgan fingerprint density at radius 1 is 1.50 bits per heavy atom. The molecule has 0 aliphatic carbocycles. The van der Waals surface area contributed by atoms with E-state index in [1.807, 2.05) is 17.9 Å². The van der Waals surface area contributed by atoms with Gasteiger partial charge in [-0.15, -0.1) is 12.4 Å². The zero-order valence-electron chi connectivity index (χ0n) is 9.37. The quantitative estimate of drug-likeness (QED) is 0.835. The molecule has 0 saturated heterocycles. The van der Waals surface area contributed by atoms with E-state index in [1.54, 1.807) is 0 Å². The van der Waals surface area contributed by atoms with Gasteiger partial charge in [0.2, 0.25) is 0 Å². The van der Waals surface area contributed by atoms with Crippen LogP contribution in [-0.4, -0.2) is 16.3 Å². The summed E-state index contributed by atoms with van der Waals surface area (Å²) in [5, 5.41) is 7.59. The number of hydrogen-bond donors (Lipinski definition) is 1. The molecule has 1 aromatic rings. The Hall–Kier alpha value is -0.540. The van der Waals surface area contributed by atoms with Crippen LogP contribution in [0.5, 0.6) is 0 Å². The van der Waals surface area contributed by atoms with Crippen molar-refractivity contribution in [1.82, 2.24) is 15.1 Å². The van der Waals surface area contributed by atoms with E-state index >= 15 is 0 Å². The third-order valence-electron chi connectivity index (χ3n) is 2.20. The summed E-state index contributed by atoms with van der Waals surface area (Å²) >= 11 is 0. The van der Waals surface area contributed by atoms with Gasteiger partial charge in [-0.2, -0.15) is 5.10 Å². The maximum absolute atomic E-state index is 4.19. The molecule has 0 aliphatic rings. The summed E-state index contributed by atoms with van der Waals surface area (Å²) in [6.07, 6.45) is 1.93. The van der Waals surface area contributed by atoms with E-state index in [1.165, 1.54) is 11.3 Å². The molecule has 0 aromatic carbocycles. The van der Waals surface area contributed by atoms with Gasteiger partial charge in [0.15, 0.2) is 0 Å². The largest absolute Gasteiger partial charge is 0.312 e. The molecule has 0 bridgehead atoms. The molecular weight excluding hydrogens is 198 g/mol.